The first-order chi connectivity index (χ1) is 11.7. The molecule has 1 heterocycles. The van der Waals surface area contributed by atoms with E-state index in [0.717, 1.165) is 0 Å². The predicted octanol–water partition coefficient (Wildman–Crippen LogP) is 2.99. The van der Waals surface area contributed by atoms with Crippen LogP contribution >= 0.6 is 0 Å². The van der Waals surface area contributed by atoms with Gasteiger partial charge in [-0.2, -0.15) is 13.2 Å². The van der Waals surface area contributed by atoms with Crippen LogP contribution in [0, 0.1) is 6.92 Å². The quantitative estimate of drug-likeness (QED) is 0.834. The number of pyridine rings is 1. The first kappa shape index (κ1) is 18.5. The zero-order chi connectivity index (χ0) is 18.6. The second-order valence-corrected chi connectivity index (χ2v) is 5.04. The SMILES string of the molecule is CCOC(=O)COc1cc(NC(=O)C(F)(F)F)c2nc(C)ccc2c1. The molecule has 1 N–H and O–H groups in total. The maximum absolute atomic E-state index is 12.5. The minimum Gasteiger partial charge on any atom is -0.482 e. The number of nitrogens with zero attached hydrogens (tertiary/aromatic N) is 1. The number of halogens is 3. The Labute approximate surface area is 140 Å². The van der Waals surface area contributed by atoms with Crippen LogP contribution in [-0.2, 0) is 14.3 Å². The number of fused-ring (bicyclic) bond motifs is 1. The summed E-state index contributed by atoms with van der Waals surface area (Å²) in [6.45, 7) is 3.06. The Bertz CT molecular complexity index is 806. The predicted molar refractivity (Wildman–Crippen MR) is 83.3 cm³/mol. The molecule has 1 aromatic heterocycles. The van der Waals surface area contributed by atoms with Crippen LogP contribution in [0.3, 0.4) is 0 Å². The monoisotopic (exact) mass is 356 g/mol. The summed E-state index contributed by atoms with van der Waals surface area (Å²) in [5.41, 5.74) is 0.582. The van der Waals surface area contributed by atoms with Gasteiger partial charge >= 0.3 is 18.1 Å². The number of rotatable bonds is 5. The van der Waals surface area contributed by atoms with Crippen molar-refractivity contribution >= 4 is 28.5 Å². The van der Waals surface area contributed by atoms with Gasteiger partial charge in [-0.15, -0.1) is 0 Å². The summed E-state index contributed by atoms with van der Waals surface area (Å²) in [6, 6.07) is 5.97. The second kappa shape index (κ2) is 7.37. The third-order valence-corrected chi connectivity index (χ3v) is 3.07. The topological polar surface area (TPSA) is 77.5 Å². The van der Waals surface area contributed by atoms with E-state index in [9.17, 15) is 22.8 Å². The van der Waals surface area contributed by atoms with Gasteiger partial charge in [0.15, 0.2) is 6.61 Å². The molecule has 25 heavy (non-hydrogen) atoms. The van der Waals surface area contributed by atoms with E-state index in [1.54, 1.807) is 31.3 Å². The van der Waals surface area contributed by atoms with Crippen LogP contribution < -0.4 is 10.1 Å². The van der Waals surface area contributed by atoms with Crippen LogP contribution in [-0.4, -0.2) is 36.3 Å². The molecule has 0 spiro atoms. The Balaban J connectivity index is 2.37. The summed E-state index contributed by atoms with van der Waals surface area (Å²) >= 11 is 0. The fraction of sp³-hybridized carbons (Fsp3) is 0.312. The summed E-state index contributed by atoms with van der Waals surface area (Å²) in [7, 11) is 0. The number of alkyl halides is 3. The van der Waals surface area contributed by atoms with Crippen molar-refractivity contribution in [1.29, 1.82) is 0 Å². The summed E-state index contributed by atoms with van der Waals surface area (Å²) in [5.74, 6) is -2.64. The molecule has 1 amide bonds. The molecular formula is C16H15F3N2O4. The van der Waals surface area contributed by atoms with Crippen LogP contribution in [0.25, 0.3) is 10.9 Å². The summed E-state index contributed by atoms with van der Waals surface area (Å²) in [6.07, 6.45) is -5.04. The van der Waals surface area contributed by atoms with Gasteiger partial charge in [-0.1, -0.05) is 6.07 Å². The second-order valence-electron chi connectivity index (χ2n) is 5.04. The van der Waals surface area contributed by atoms with E-state index in [2.05, 4.69) is 4.98 Å². The highest BCUT2D eigenvalue weighted by atomic mass is 19.4. The van der Waals surface area contributed by atoms with Crippen molar-refractivity contribution in [3.05, 3.63) is 30.0 Å². The highest BCUT2D eigenvalue weighted by Gasteiger charge is 2.39. The van der Waals surface area contributed by atoms with E-state index in [4.69, 9.17) is 9.47 Å². The number of carbonyl (C=O) groups excluding carboxylic acids is 2. The molecule has 6 nitrogen and oxygen atoms in total. The van der Waals surface area contributed by atoms with Crippen molar-refractivity contribution in [2.75, 3.05) is 18.5 Å². The highest BCUT2D eigenvalue weighted by molar-refractivity contribution is 6.03. The molecule has 0 radical (unpaired) electrons. The van der Waals surface area contributed by atoms with Gasteiger partial charge in [-0.3, -0.25) is 9.78 Å². The van der Waals surface area contributed by atoms with Gasteiger partial charge in [0.25, 0.3) is 0 Å². The highest BCUT2D eigenvalue weighted by Crippen LogP contribution is 2.30. The minimum absolute atomic E-state index is 0.101. The number of aromatic nitrogens is 1. The lowest BCUT2D eigenvalue weighted by molar-refractivity contribution is -0.167. The number of hydrogen-bond donors (Lipinski definition) is 1. The molecule has 0 fully saturated rings. The summed E-state index contributed by atoms with van der Waals surface area (Å²) < 4.78 is 47.5. The number of aryl methyl sites for hydroxylation is 1. The van der Waals surface area contributed by atoms with Gasteiger partial charge in [-0.25, -0.2) is 4.79 Å². The van der Waals surface area contributed by atoms with Gasteiger partial charge in [0.1, 0.15) is 5.75 Å². The molecule has 1 aromatic carbocycles. The number of esters is 1. The third kappa shape index (κ3) is 4.82. The van der Waals surface area contributed by atoms with E-state index >= 15 is 0 Å². The maximum atomic E-state index is 12.5. The molecular weight excluding hydrogens is 341 g/mol. The lowest BCUT2D eigenvalue weighted by Crippen LogP contribution is -2.30. The average molecular weight is 356 g/mol. The van der Waals surface area contributed by atoms with Crippen molar-refractivity contribution in [2.24, 2.45) is 0 Å². The van der Waals surface area contributed by atoms with Crippen molar-refractivity contribution in [2.45, 2.75) is 20.0 Å². The molecule has 134 valence electrons. The number of amides is 1. The van der Waals surface area contributed by atoms with Crippen LogP contribution in [0.2, 0.25) is 0 Å². The molecule has 2 rings (SSSR count). The van der Waals surface area contributed by atoms with Crippen LogP contribution in [0.5, 0.6) is 5.75 Å². The molecule has 0 saturated carbocycles. The molecule has 0 aliphatic heterocycles. The first-order valence-electron chi connectivity index (χ1n) is 7.28. The van der Waals surface area contributed by atoms with Crippen LogP contribution in [0.15, 0.2) is 24.3 Å². The van der Waals surface area contributed by atoms with Gasteiger partial charge in [0, 0.05) is 17.1 Å². The Hall–Kier alpha value is -2.84. The molecule has 0 unspecified atom stereocenters. The van der Waals surface area contributed by atoms with Crippen molar-refractivity contribution < 1.29 is 32.2 Å². The van der Waals surface area contributed by atoms with Crippen molar-refractivity contribution in [3.63, 3.8) is 0 Å². The third-order valence-electron chi connectivity index (χ3n) is 3.07. The zero-order valence-corrected chi connectivity index (χ0v) is 13.4. The van der Waals surface area contributed by atoms with Crippen molar-refractivity contribution in [3.8, 4) is 5.75 Å². The van der Waals surface area contributed by atoms with Gasteiger partial charge in [0.2, 0.25) is 0 Å². The summed E-state index contributed by atoms with van der Waals surface area (Å²) in [5, 5.41) is 2.23. The van der Waals surface area contributed by atoms with E-state index in [-0.39, 0.29) is 23.6 Å². The normalized spacial score (nSPS) is 11.2. The molecule has 0 atom stereocenters. The fourth-order valence-electron chi connectivity index (χ4n) is 2.02. The van der Waals surface area contributed by atoms with Crippen molar-refractivity contribution in [1.82, 2.24) is 4.98 Å². The summed E-state index contributed by atoms with van der Waals surface area (Å²) in [4.78, 5) is 26.7. The smallest absolute Gasteiger partial charge is 0.471 e. The van der Waals surface area contributed by atoms with Gasteiger partial charge < -0.3 is 14.8 Å². The Morgan fingerprint density at radius 2 is 1.96 bits per heavy atom. The largest absolute Gasteiger partial charge is 0.482 e. The van der Waals surface area contributed by atoms with E-state index < -0.39 is 24.7 Å². The van der Waals surface area contributed by atoms with Gasteiger partial charge in [-0.05, 0) is 26.0 Å². The van der Waals surface area contributed by atoms with E-state index in [0.29, 0.717) is 11.1 Å². The molecule has 0 aliphatic rings. The van der Waals surface area contributed by atoms with Crippen LogP contribution in [0.4, 0.5) is 18.9 Å². The van der Waals surface area contributed by atoms with E-state index in [1.165, 1.54) is 12.1 Å². The van der Waals surface area contributed by atoms with E-state index in [1.807, 2.05) is 0 Å². The lowest BCUT2D eigenvalue weighted by Gasteiger charge is -2.13. The lowest BCUT2D eigenvalue weighted by atomic mass is 10.1. The molecule has 0 aliphatic carbocycles. The molecule has 2 aromatic rings. The number of benzene rings is 1. The first-order valence-corrected chi connectivity index (χ1v) is 7.28. The molecule has 0 saturated heterocycles. The number of hydrogen-bond acceptors (Lipinski definition) is 5. The van der Waals surface area contributed by atoms with Gasteiger partial charge in [0.05, 0.1) is 17.8 Å². The fourth-order valence-corrected chi connectivity index (χ4v) is 2.02. The number of carbonyl (C=O) groups is 2. The molecule has 0 bridgehead atoms. The number of nitrogens with one attached hydrogen (secondary N) is 1. The standard InChI is InChI=1S/C16H15F3N2O4/c1-3-24-13(22)8-25-11-6-10-5-4-9(2)20-14(10)12(7-11)21-15(23)16(17,18)19/h4-7H,3,8H2,1-2H3,(H,21,23). The average Bonchev–Trinajstić information content (AvgIpc) is 2.52. The Kier molecular flexibility index (Phi) is 5.45. The minimum atomic E-state index is -5.04. The Morgan fingerprint density at radius 3 is 2.60 bits per heavy atom. The molecule has 9 heteroatoms. The Morgan fingerprint density at radius 1 is 1.24 bits per heavy atom. The number of anilines is 1. The number of ether oxygens (including phenoxy) is 2. The maximum Gasteiger partial charge on any atom is 0.471 e. The van der Waals surface area contributed by atoms with Crippen LogP contribution in [0.1, 0.15) is 12.6 Å². The zero-order valence-electron chi connectivity index (χ0n) is 13.4.